The van der Waals surface area contributed by atoms with Crippen molar-refractivity contribution in [2.24, 2.45) is 5.84 Å². The Morgan fingerprint density at radius 2 is 2.11 bits per heavy atom. The van der Waals surface area contributed by atoms with Gasteiger partial charge in [-0.15, -0.1) is 0 Å². The molecule has 96 valence electrons. The molecule has 0 fully saturated rings. The maximum atomic E-state index is 5.82. The van der Waals surface area contributed by atoms with Crippen LogP contribution in [0, 0.1) is 0 Å². The number of pyridine rings is 1. The quantitative estimate of drug-likeness (QED) is 0.569. The van der Waals surface area contributed by atoms with Gasteiger partial charge in [-0.1, -0.05) is 18.2 Å². The van der Waals surface area contributed by atoms with E-state index in [0.29, 0.717) is 11.0 Å². The Morgan fingerprint density at radius 1 is 1.21 bits per heavy atom. The number of fused-ring (bicyclic) bond motifs is 1. The Labute approximate surface area is 115 Å². The van der Waals surface area contributed by atoms with Crippen molar-refractivity contribution in [2.75, 3.05) is 0 Å². The van der Waals surface area contributed by atoms with Crippen molar-refractivity contribution in [2.45, 2.75) is 6.04 Å². The minimum Gasteiger partial charge on any atom is -0.448 e. The lowest BCUT2D eigenvalue weighted by Crippen LogP contribution is -2.28. The van der Waals surface area contributed by atoms with Gasteiger partial charge in [0.05, 0.1) is 0 Å². The molecule has 3 aromatic rings. The third-order valence-electron chi connectivity index (χ3n) is 3.07. The van der Waals surface area contributed by atoms with Crippen molar-refractivity contribution in [3.8, 4) is 0 Å². The van der Waals surface area contributed by atoms with Crippen molar-refractivity contribution in [1.29, 1.82) is 0 Å². The van der Waals surface area contributed by atoms with E-state index in [1.54, 1.807) is 12.3 Å². The fourth-order valence-electron chi connectivity index (χ4n) is 2.21. The number of nitrogens with two attached hydrogens (primary N) is 1. The van der Waals surface area contributed by atoms with Crippen molar-refractivity contribution in [3.05, 3.63) is 65.3 Å². The molecule has 0 saturated heterocycles. The van der Waals surface area contributed by atoms with Crippen LogP contribution in [0.3, 0.4) is 0 Å². The van der Waals surface area contributed by atoms with Crippen LogP contribution in [0.5, 0.6) is 0 Å². The predicted molar refractivity (Wildman–Crippen MR) is 74.6 cm³/mol. The van der Waals surface area contributed by atoms with E-state index < -0.39 is 0 Å². The van der Waals surface area contributed by atoms with Gasteiger partial charge in [0.25, 0.3) is 0 Å². The SMILES string of the molecule is NNC(c1ccc(Cl)o1)c1cccc2cnccc12. The molecule has 0 aliphatic rings. The van der Waals surface area contributed by atoms with E-state index >= 15 is 0 Å². The molecular weight excluding hydrogens is 262 g/mol. The predicted octanol–water partition coefficient (Wildman–Crippen LogP) is 3.03. The third-order valence-corrected chi connectivity index (χ3v) is 3.27. The van der Waals surface area contributed by atoms with Crippen LogP contribution in [0.2, 0.25) is 5.22 Å². The molecule has 1 aromatic carbocycles. The number of rotatable bonds is 3. The largest absolute Gasteiger partial charge is 0.448 e. The number of aromatic nitrogens is 1. The van der Waals surface area contributed by atoms with Gasteiger partial charge in [-0.2, -0.15) is 0 Å². The molecule has 3 N–H and O–H groups in total. The summed E-state index contributed by atoms with van der Waals surface area (Å²) in [4.78, 5) is 4.12. The summed E-state index contributed by atoms with van der Waals surface area (Å²) in [6.45, 7) is 0. The second kappa shape index (κ2) is 5.01. The van der Waals surface area contributed by atoms with Crippen LogP contribution >= 0.6 is 11.6 Å². The summed E-state index contributed by atoms with van der Waals surface area (Å²) in [5.74, 6) is 6.35. The van der Waals surface area contributed by atoms with Gasteiger partial charge < -0.3 is 4.42 Å². The fourth-order valence-corrected chi connectivity index (χ4v) is 2.36. The van der Waals surface area contributed by atoms with Gasteiger partial charge >= 0.3 is 0 Å². The average Bonchev–Trinajstić information content (AvgIpc) is 2.86. The van der Waals surface area contributed by atoms with Crippen LogP contribution in [0.4, 0.5) is 0 Å². The molecule has 0 aliphatic carbocycles. The first-order chi connectivity index (χ1) is 9.29. The highest BCUT2D eigenvalue weighted by atomic mass is 35.5. The number of furan rings is 1. The topological polar surface area (TPSA) is 64.1 Å². The lowest BCUT2D eigenvalue weighted by molar-refractivity contribution is 0.455. The lowest BCUT2D eigenvalue weighted by atomic mass is 9.99. The molecule has 3 rings (SSSR count). The zero-order valence-corrected chi connectivity index (χ0v) is 10.8. The van der Waals surface area contributed by atoms with Crippen LogP contribution in [0.25, 0.3) is 10.8 Å². The second-order valence-electron chi connectivity index (χ2n) is 4.19. The Hall–Kier alpha value is -1.88. The third kappa shape index (κ3) is 2.21. The molecule has 5 heteroatoms. The molecule has 0 radical (unpaired) electrons. The van der Waals surface area contributed by atoms with Crippen LogP contribution in [0.1, 0.15) is 17.4 Å². The minimum absolute atomic E-state index is 0.251. The molecule has 1 unspecified atom stereocenters. The van der Waals surface area contributed by atoms with Crippen molar-refractivity contribution < 1.29 is 4.42 Å². The number of halogens is 1. The van der Waals surface area contributed by atoms with Crippen molar-refractivity contribution in [3.63, 3.8) is 0 Å². The van der Waals surface area contributed by atoms with E-state index in [1.165, 1.54) is 0 Å². The standard InChI is InChI=1S/C14H12ClN3O/c15-13-5-4-12(19-13)14(18-16)11-3-1-2-9-8-17-7-6-10(9)11/h1-8,14,18H,16H2. The maximum absolute atomic E-state index is 5.82. The van der Waals surface area contributed by atoms with Crippen molar-refractivity contribution >= 4 is 22.4 Å². The van der Waals surface area contributed by atoms with Crippen LogP contribution < -0.4 is 11.3 Å². The summed E-state index contributed by atoms with van der Waals surface area (Å²) in [6.07, 6.45) is 3.58. The molecule has 1 atom stereocenters. The van der Waals surface area contributed by atoms with Crippen LogP contribution in [-0.4, -0.2) is 4.98 Å². The first kappa shape index (κ1) is 12.2. The highest BCUT2D eigenvalue weighted by molar-refractivity contribution is 6.28. The summed E-state index contributed by atoms with van der Waals surface area (Å²) in [5.41, 5.74) is 3.79. The van der Waals surface area contributed by atoms with Gasteiger partial charge in [0.15, 0.2) is 5.22 Å². The summed E-state index contributed by atoms with van der Waals surface area (Å²) >= 11 is 5.82. The van der Waals surface area contributed by atoms with Gasteiger partial charge in [0, 0.05) is 17.8 Å². The number of benzene rings is 1. The Bertz CT molecular complexity index is 705. The second-order valence-corrected chi connectivity index (χ2v) is 4.56. The molecule has 0 amide bonds. The van der Waals surface area contributed by atoms with E-state index in [-0.39, 0.29) is 6.04 Å². The molecule has 0 saturated carbocycles. The van der Waals surface area contributed by atoms with Crippen LogP contribution in [-0.2, 0) is 0 Å². The molecule has 2 aromatic heterocycles. The van der Waals surface area contributed by atoms with E-state index in [1.807, 2.05) is 36.5 Å². The Kier molecular flexibility index (Phi) is 3.21. The Balaban J connectivity index is 2.16. The van der Waals surface area contributed by atoms with Gasteiger partial charge in [-0.25, -0.2) is 5.43 Å². The highest BCUT2D eigenvalue weighted by Gasteiger charge is 2.18. The zero-order chi connectivity index (χ0) is 13.2. The minimum atomic E-state index is -0.251. The van der Waals surface area contributed by atoms with Gasteiger partial charge in [0.2, 0.25) is 0 Å². The number of nitrogens with zero attached hydrogens (tertiary/aromatic N) is 1. The number of hydrogen-bond acceptors (Lipinski definition) is 4. The zero-order valence-electron chi connectivity index (χ0n) is 10.0. The molecule has 0 bridgehead atoms. The molecule has 19 heavy (non-hydrogen) atoms. The Morgan fingerprint density at radius 3 is 2.84 bits per heavy atom. The summed E-state index contributed by atoms with van der Waals surface area (Å²) in [6, 6.07) is 11.2. The van der Waals surface area contributed by atoms with Gasteiger partial charge in [0.1, 0.15) is 11.8 Å². The lowest BCUT2D eigenvalue weighted by Gasteiger charge is -2.16. The normalized spacial score (nSPS) is 12.7. The molecular formula is C14H12ClN3O. The van der Waals surface area contributed by atoms with E-state index in [9.17, 15) is 0 Å². The monoisotopic (exact) mass is 273 g/mol. The first-order valence-electron chi connectivity index (χ1n) is 5.83. The van der Waals surface area contributed by atoms with E-state index in [2.05, 4.69) is 10.4 Å². The molecule has 4 nitrogen and oxygen atoms in total. The summed E-state index contributed by atoms with van der Waals surface area (Å²) in [7, 11) is 0. The highest BCUT2D eigenvalue weighted by Crippen LogP contribution is 2.30. The number of hydrogen-bond donors (Lipinski definition) is 2. The van der Waals surface area contributed by atoms with Gasteiger partial charge in [-0.3, -0.25) is 10.8 Å². The van der Waals surface area contributed by atoms with Crippen molar-refractivity contribution in [1.82, 2.24) is 10.4 Å². The first-order valence-corrected chi connectivity index (χ1v) is 6.21. The van der Waals surface area contributed by atoms with Gasteiger partial charge in [-0.05, 0) is 40.7 Å². The van der Waals surface area contributed by atoms with E-state index in [4.69, 9.17) is 21.9 Å². The molecule has 0 spiro atoms. The summed E-state index contributed by atoms with van der Waals surface area (Å²) in [5, 5.41) is 2.48. The average molecular weight is 274 g/mol. The fraction of sp³-hybridized carbons (Fsp3) is 0.0714. The molecule has 0 aliphatic heterocycles. The summed E-state index contributed by atoms with van der Waals surface area (Å²) < 4.78 is 5.45. The number of hydrazine groups is 1. The number of nitrogens with one attached hydrogen (secondary N) is 1. The maximum Gasteiger partial charge on any atom is 0.193 e. The van der Waals surface area contributed by atoms with E-state index in [0.717, 1.165) is 16.3 Å². The smallest absolute Gasteiger partial charge is 0.193 e. The molecule has 2 heterocycles. The van der Waals surface area contributed by atoms with Crippen LogP contribution in [0.15, 0.2) is 53.2 Å².